The van der Waals surface area contributed by atoms with Gasteiger partial charge in [0.2, 0.25) is 5.91 Å². The van der Waals surface area contributed by atoms with Crippen molar-refractivity contribution in [1.29, 1.82) is 0 Å². The molecule has 3 aromatic heterocycles. The van der Waals surface area contributed by atoms with Crippen molar-refractivity contribution < 1.29 is 23.9 Å². The number of nitrogens with zero attached hydrogens (tertiary/aromatic N) is 7. The van der Waals surface area contributed by atoms with Crippen LogP contribution < -0.4 is 10.1 Å². The molecule has 2 aliphatic rings. The van der Waals surface area contributed by atoms with E-state index >= 15 is 0 Å². The molecule has 7 rings (SSSR count). The molecule has 0 fully saturated rings. The first-order valence-electron chi connectivity index (χ1n) is 17.8. The van der Waals surface area contributed by atoms with E-state index in [-0.39, 0.29) is 41.7 Å². The second-order valence-electron chi connectivity index (χ2n) is 13.2. The first-order chi connectivity index (χ1) is 26.6. The number of halogens is 1. The van der Waals surface area contributed by atoms with Crippen LogP contribution in [0.25, 0.3) is 5.00 Å². The highest BCUT2D eigenvalue weighted by molar-refractivity contribution is 7.15. The lowest BCUT2D eigenvalue weighted by molar-refractivity contribution is -0.121. The summed E-state index contributed by atoms with van der Waals surface area (Å²) in [4.78, 5) is 56.9. The molecule has 2 aliphatic heterocycles. The van der Waals surface area contributed by atoms with Crippen molar-refractivity contribution in [2.45, 2.75) is 65.1 Å². The van der Waals surface area contributed by atoms with Crippen molar-refractivity contribution in [3.05, 3.63) is 110 Å². The average Bonchev–Trinajstić information content (AvgIpc) is 3.93. The fourth-order valence-corrected chi connectivity index (χ4v) is 8.04. The van der Waals surface area contributed by atoms with Crippen LogP contribution in [0, 0.1) is 25.7 Å². The molecular weight excluding hydrogens is 740 g/mol. The van der Waals surface area contributed by atoms with Crippen LogP contribution >= 0.6 is 22.9 Å². The molecule has 2 aromatic carbocycles. The number of benzene rings is 2. The molecule has 1 N–H and O–H groups in total. The smallest absolute Gasteiger partial charge is 0.265 e. The van der Waals surface area contributed by atoms with E-state index in [1.807, 2.05) is 49.0 Å². The zero-order valence-corrected chi connectivity index (χ0v) is 32.2. The highest BCUT2D eigenvalue weighted by atomic mass is 35.5. The number of imide groups is 1. The number of aryl methyl sites for hydroxylation is 2. The van der Waals surface area contributed by atoms with Crippen LogP contribution in [-0.4, -0.2) is 78.9 Å². The number of fused-ring (bicyclic) bond motifs is 4. The number of hydrogen-bond donors (Lipinski definition) is 1. The first kappa shape index (κ1) is 37.4. The Kier molecular flexibility index (Phi) is 10.8. The normalized spacial score (nSPS) is 15.0. The highest BCUT2D eigenvalue weighted by Gasteiger charge is 2.42. The number of rotatable bonds is 12. The number of nitrogens with one attached hydrogen (secondary N) is 1. The van der Waals surface area contributed by atoms with Crippen molar-refractivity contribution in [1.82, 2.24) is 34.8 Å². The van der Waals surface area contributed by atoms with Gasteiger partial charge in [-0.2, -0.15) is 5.10 Å². The van der Waals surface area contributed by atoms with E-state index in [0.29, 0.717) is 30.9 Å². The van der Waals surface area contributed by atoms with Crippen LogP contribution in [0.15, 0.2) is 59.9 Å². The Morgan fingerprint density at radius 1 is 1.07 bits per heavy atom. The molecule has 5 aromatic rings. The number of carbonyl (C=O) groups excluding carboxylic acids is 4. The molecule has 0 saturated carbocycles. The van der Waals surface area contributed by atoms with E-state index in [2.05, 4.69) is 43.9 Å². The first-order valence-corrected chi connectivity index (χ1v) is 19.0. The summed E-state index contributed by atoms with van der Waals surface area (Å²) in [5.74, 6) is 7.04. The zero-order valence-electron chi connectivity index (χ0n) is 30.6. The van der Waals surface area contributed by atoms with E-state index in [4.69, 9.17) is 21.3 Å². The molecule has 1 unspecified atom stereocenters. The summed E-state index contributed by atoms with van der Waals surface area (Å²) in [6, 6.07) is 11.3. The average molecular weight is 777 g/mol. The molecule has 55 heavy (non-hydrogen) atoms. The predicted molar refractivity (Wildman–Crippen MR) is 207 cm³/mol. The molecule has 3 amide bonds. The summed E-state index contributed by atoms with van der Waals surface area (Å²) in [5.41, 5.74) is 4.93. The third kappa shape index (κ3) is 7.33. The van der Waals surface area contributed by atoms with E-state index in [1.54, 1.807) is 29.7 Å². The monoisotopic (exact) mass is 776 g/mol. The lowest BCUT2D eigenvalue weighted by atomic mass is 9.99. The molecule has 0 saturated heterocycles. The Hall–Kier alpha value is -5.91. The number of unbranched alkanes of at least 4 members (excludes halogenated alkanes) is 1. The van der Waals surface area contributed by atoms with Gasteiger partial charge in [-0.05, 0) is 69.9 Å². The van der Waals surface area contributed by atoms with Gasteiger partial charge in [0.05, 0.1) is 46.1 Å². The van der Waals surface area contributed by atoms with Crippen molar-refractivity contribution in [3.8, 4) is 22.6 Å². The Morgan fingerprint density at radius 2 is 1.87 bits per heavy atom. The maximum absolute atomic E-state index is 13.3. The Morgan fingerprint density at radius 3 is 2.64 bits per heavy atom. The van der Waals surface area contributed by atoms with E-state index in [9.17, 15) is 19.2 Å². The summed E-state index contributed by atoms with van der Waals surface area (Å²) in [6.07, 6.45) is 5.60. The number of aldehydes is 1. The molecule has 0 bridgehead atoms. The fraction of sp³-hybridized carbons (Fsp3) is 0.300. The summed E-state index contributed by atoms with van der Waals surface area (Å²) in [6.45, 7) is 6.95. The molecule has 5 heterocycles. The molecule has 15 heteroatoms. The van der Waals surface area contributed by atoms with Crippen molar-refractivity contribution in [3.63, 3.8) is 0 Å². The number of aliphatic imine (C=N–C) groups is 1. The number of hydrogen-bond acceptors (Lipinski definition) is 10. The third-order valence-electron chi connectivity index (χ3n) is 9.57. The van der Waals surface area contributed by atoms with Gasteiger partial charge in [-0.1, -0.05) is 41.6 Å². The number of thiophene rings is 1. The third-order valence-corrected chi connectivity index (χ3v) is 11.0. The van der Waals surface area contributed by atoms with Crippen LogP contribution in [-0.2, 0) is 16.1 Å². The number of amides is 3. The standard InChI is InChI=1S/C40H37ClN8O5S/c1-23-32(55-40-34(23)36(27-11-13-28(41)14-12-27)44-24(2)37-46-45-25(3)48(37)40)16-10-26-20-43-47(21-26)18-5-6-19-54-31-9-7-8-30-35(31)39(53)49(38(30)52)29(22-50)15-17-33(51)42-4/h7-9,11-14,20-22,24,29H,5-6,15,17-19H2,1-4H3,(H,42,51)/t24-,29?/m0/s1. The van der Waals surface area contributed by atoms with Gasteiger partial charge < -0.3 is 14.8 Å². The van der Waals surface area contributed by atoms with Crippen molar-refractivity contribution >= 4 is 52.7 Å². The van der Waals surface area contributed by atoms with E-state index in [1.165, 1.54) is 13.1 Å². The van der Waals surface area contributed by atoms with Gasteiger partial charge in [0.15, 0.2) is 5.82 Å². The number of carbonyl (C=O) groups is 4. The quantitative estimate of drug-likeness (QED) is 0.0738. The summed E-state index contributed by atoms with van der Waals surface area (Å²) >= 11 is 7.81. The van der Waals surface area contributed by atoms with E-state index < -0.39 is 17.9 Å². The van der Waals surface area contributed by atoms with E-state index in [0.717, 1.165) is 60.8 Å². The van der Waals surface area contributed by atoms with Gasteiger partial charge in [0.1, 0.15) is 28.9 Å². The van der Waals surface area contributed by atoms with Crippen molar-refractivity contribution in [2.75, 3.05) is 13.7 Å². The molecular formula is C40H37ClN8O5S. The predicted octanol–water partition coefficient (Wildman–Crippen LogP) is 5.66. The van der Waals surface area contributed by atoms with Gasteiger partial charge in [-0.3, -0.25) is 33.5 Å². The lowest BCUT2D eigenvalue weighted by Gasteiger charge is -2.21. The SMILES string of the molecule is CNC(=O)CCC(C=O)N1C(=O)c2cccc(OCCCCn3cc(C#Cc4sc5c(c4C)C(c4ccc(Cl)cc4)=N[C@@H](C)c4nnc(C)n4-5)cn3)c2C1=O. The second-order valence-corrected chi connectivity index (χ2v) is 14.6. The summed E-state index contributed by atoms with van der Waals surface area (Å²) < 4.78 is 9.88. The van der Waals surface area contributed by atoms with Gasteiger partial charge in [0, 0.05) is 42.4 Å². The molecule has 0 aliphatic carbocycles. The van der Waals surface area contributed by atoms with Crippen molar-refractivity contribution in [2.24, 2.45) is 4.99 Å². The van der Waals surface area contributed by atoms with Gasteiger partial charge in [-0.15, -0.1) is 21.5 Å². The van der Waals surface area contributed by atoms with Gasteiger partial charge in [-0.25, -0.2) is 0 Å². The van der Waals surface area contributed by atoms with Crippen LogP contribution in [0.1, 0.15) is 98.1 Å². The Balaban J connectivity index is 0.999. The number of aromatic nitrogens is 5. The van der Waals surface area contributed by atoms with Crippen LogP contribution in [0.3, 0.4) is 0 Å². The Bertz CT molecular complexity index is 2420. The maximum Gasteiger partial charge on any atom is 0.265 e. The number of ether oxygens (including phenoxy) is 1. The summed E-state index contributed by atoms with van der Waals surface area (Å²) in [5, 5.41) is 17.4. The fourth-order valence-electron chi connectivity index (χ4n) is 6.69. The van der Waals surface area contributed by atoms with Gasteiger partial charge in [0.25, 0.3) is 11.8 Å². The molecule has 13 nitrogen and oxygen atoms in total. The minimum absolute atomic E-state index is 0.00421. The molecule has 0 spiro atoms. The maximum atomic E-state index is 13.3. The lowest BCUT2D eigenvalue weighted by Crippen LogP contribution is -2.41. The Labute approximate surface area is 326 Å². The van der Waals surface area contributed by atoms with Crippen LogP contribution in [0.2, 0.25) is 5.02 Å². The molecule has 2 atom stereocenters. The second kappa shape index (κ2) is 15.8. The highest BCUT2D eigenvalue weighted by Crippen LogP contribution is 2.39. The van der Waals surface area contributed by atoms with Crippen LogP contribution in [0.5, 0.6) is 5.75 Å². The zero-order chi connectivity index (χ0) is 38.8. The van der Waals surface area contributed by atoms with Gasteiger partial charge >= 0.3 is 0 Å². The minimum atomic E-state index is -1.05. The summed E-state index contributed by atoms with van der Waals surface area (Å²) in [7, 11) is 1.48. The minimum Gasteiger partial charge on any atom is -0.493 e. The molecule has 280 valence electrons. The van der Waals surface area contributed by atoms with Crippen LogP contribution in [0.4, 0.5) is 0 Å². The topological polar surface area (TPSA) is 154 Å². The molecule has 0 radical (unpaired) electrons. The largest absolute Gasteiger partial charge is 0.493 e.